The van der Waals surface area contributed by atoms with E-state index in [2.05, 4.69) is 5.73 Å². The third kappa shape index (κ3) is 3.82. The maximum absolute atomic E-state index is 11.2. The van der Waals surface area contributed by atoms with Gasteiger partial charge in [0, 0.05) is 6.42 Å². The van der Waals surface area contributed by atoms with Gasteiger partial charge in [0.15, 0.2) is 0 Å². The van der Waals surface area contributed by atoms with E-state index in [-0.39, 0.29) is 6.42 Å². The van der Waals surface area contributed by atoms with Gasteiger partial charge in [-0.1, -0.05) is 6.92 Å². The summed E-state index contributed by atoms with van der Waals surface area (Å²) < 4.78 is 22.5. The summed E-state index contributed by atoms with van der Waals surface area (Å²) in [4.78, 5) is 0. The Labute approximate surface area is 35.1 Å². The van der Waals surface area contributed by atoms with Crippen molar-refractivity contribution in [2.24, 2.45) is 5.73 Å². The normalized spacial score (nSPS) is 12.0. The first-order chi connectivity index (χ1) is 2.56. The predicted molar refractivity (Wildman–Crippen MR) is 19.4 cm³/mol. The molecule has 0 radical (unpaired) electrons. The lowest BCUT2D eigenvalue weighted by Gasteiger charge is -2.02. The molecule has 6 heavy (non-hydrogen) atoms. The molecule has 0 rings (SSSR count). The Balaban J connectivity index is 3.17. The van der Waals surface area contributed by atoms with E-state index >= 15 is 0 Å². The molecule has 2 N–H and O–H groups in total. The molecule has 0 aromatic heterocycles. The molecule has 0 aromatic rings. The summed E-state index contributed by atoms with van der Waals surface area (Å²) in [5, 5.41) is 0. The molecule has 0 spiro atoms. The number of nitrogens with two attached hydrogens (primary N) is 1. The van der Waals surface area contributed by atoms with Crippen LogP contribution in [-0.2, 0) is 0 Å². The third-order valence-corrected chi connectivity index (χ3v) is 0.471. The van der Waals surface area contributed by atoms with Crippen LogP contribution < -0.4 is 5.73 Å². The fourth-order valence-electron chi connectivity index (χ4n) is 0. The molecule has 0 atom stereocenters. The van der Waals surface area contributed by atoms with E-state index in [4.69, 9.17) is 0 Å². The molecule has 0 heterocycles. The van der Waals surface area contributed by atoms with Crippen LogP contribution >= 0.6 is 0 Å². The molecular weight excluding hydrogens is 88.0 g/mol. The van der Waals surface area contributed by atoms with E-state index in [0.29, 0.717) is 0 Å². The van der Waals surface area contributed by atoms with Crippen LogP contribution in [0.2, 0.25) is 0 Å². The molecule has 0 aliphatic heterocycles. The maximum Gasteiger partial charge on any atom is 0.299 e. The van der Waals surface area contributed by atoms with Crippen LogP contribution in [0.5, 0.6) is 0 Å². The van der Waals surface area contributed by atoms with Crippen molar-refractivity contribution in [3.63, 3.8) is 0 Å². The summed E-state index contributed by atoms with van der Waals surface area (Å²) in [5.74, 6) is 0. The first-order valence-electron chi connectivity index (χ1n) is 1.73. The Morgan fingerprint density at radius 1 is 1.67 bits per heavy atom. The Bertz CT molecular complexity index is 38.5. The summed E-state index contributed by atoms with van der Waals surface area (Å²) in [6.07, 6.45) is -0.285. The first kappa shape index (κ1) is 5.82. The molecule has 3 heteroatoms. The van der Waals surface area contributed by atoms with Gasteiger partial charge in [0.2, 0.25) is 0 Å². The fraction of sp³-hybridized carbons (Fsp3) is 1.00. The van der Waals surface area contributed by atoms with Gasteiger partial charge in [-0.15, -0.1) is 0 Å². The predicted octanol–water partition coefficient (Wildman–Crippen LogP) is 0.948. The molecule has 38 valence electrons. The molecule has 0 fully saturated rings. The minimum absolute atomic E-state index is 0.285. The highest BCUT2D eigenvalue weighted by Gasteiger charge is 2.16. The van der Waals surface area contributed by atoms with Gasteiger partial charge in [-0.25, -0.2) is 0 Å². The first-order valence-corrected chi connectivity index (χ1v) is 1.73. The highest BCUT2D eigenvalue weighted by atomic mass is 19.3. The molecule has 1 nitrogen and oxygen atoms in total. The van der Waals surface area contributed by atoms with Crippen LogP contribution in [0.25, 0.3) is 0 Å². The average Bonchev–Trinajstić information content (AvgIpc) is 1.35. The smallest absolute Gasteiger partial charge is 0.272 e. The Kier molecular flexibility index (Phi) is 1.47. The van der Waals surface area contributed by atoms with Crippen LogP contribution in [0, 0.1) is 0 Å². The molecular formula is C3H7F2N. The second-order valence-electron chi connectivity index (χ2n) is 1.11. The minimum Gasteiger partial charge on any atom is -0.272 e. The Morgan fingerprint density at radius 2 is 1.83 bits per heavy atom. The zero-order valence-corrected chi connectivity index (χ0v) is 3.54. The topological polar surface area (TPSA) is 26.0 Å². The number of hydrogen-bond donors (Lipinski definition) is 1. The highest BCUT2D eigenvalue weighted by molar-refractivity contribution is 4.47. The highest BCUT2D eigenvalue weighted by Crippen LogP contribution is 2.06. The van der Waals surface area contributed by atoms with E-state index in [1.54, 1.807) is 0 Å². The molecule has 0 bridgehead atoms. The Hall–Kier alpha value is -0.180. The van der Waals surface area contributed by atoms with Gasteiger partial charge in [0.05, 0.1) is 0 Å². The second-order valence-corrected chi connectivity index (χ2v) is 1.11. The van der Waals surface area contributed by atoms with Gasteiger partial charge < -0.3 is 0 Å². The standard InChI is InChI=1S/C3H7F2N/c1-2-3(4,5)6/h2,6H2,1H3. The molecule has 0 saturated carbocycles. The van der Waals surface area contributed by atoms with Crippen molar-refractivity contribution in [3.05, 3.63) is 0 Å². The summed E-state index contributed by atoms with van der Waals surface area (Å²) in [6.45, 7) is 1.33. The van der Waals surface area contributed by atoms with E-state index in [0.717, 1.165) is 0 Å². The van der Waals surface area contributed by atoms with Crippen LogP contribution in [0.15, 0.2) is 0 Å². The quantitative estimate of drug-likeness (QED) is 0.482. The summed E-state index contributed by atoms with van der Waals surface area (Å²) in [6, 6.07) is -2.96. The molecule has 0 amide bonds. The zero-order chi connectivity index (χ0) is 5.21. The summed E-state index contributed by atoms with van der Waals surface area (Å²) in [7, 11) is 0. The monoisotopic (exact) mass is 95.1 g/mol. The molecule has 0 unspecified atom stereocenters. The van der Waals surface area contributed by atoms with Gasteiger partial charge in [0.1, 0.15) is 0 Å². The van der Waals surface area contributed by atoms with Gasteiger partial charge in [0.25, 0.3) is 6.05 Å². The number of hydrogen-bond acceptors (Lipinski definition) is 1. The molecule has 0 aromatic carbocycles. The van der Waals surface area contributed by atoms with Crippen LogP contribution in [0.3, 0.4) is 0 Å². The van der Waals surface area contributed by atoms with Gasteiger partial charge in [-0.05, 0) is 0 Å². The average molecular weight is 95.1 g/mol. The number of halogens is 2. The van der Waals surface area contributed by atoms with Crippen LogP contribution in [-0.4, -0.2) is 6.05 Å². The summed E-state index contributed by atoms with van der Waals surface area (Å²) >= 11 is 0. The number of alkyl halides is 2. The lowest BCUT2D eigenvalue weighted by molar-refractivity contribution is 0.00432. The van der Waals surface area contributed by atoms with E-state index < -0.39 is 6.05 Å². The Morgan fingerprint density at radius 3 is 1.83 bits per heavy atom. The van der Waals surface area contributed by atoms with Crippen molar-refractivity contribution < 1.29 is 8.78 Å². The van der Waals surface area contributed by atoms with Crippen LogP contribution in [0.1, 0.15) is 13.3 Å². The van der Waals surface area contributed by atoms with Crippen LogP contribution in [0.4, 0.5) is 8.78 Å². The number of rotatable bonds is 1. The van der Waals surface area contributed by atoms with Gasteiger partial charge in [-0.3, -0.25) is 5.73 Å². The molecule has 0 aliphatic carbocycles. The van der Waals surface area contributed by atoms with Gasteiger partial charge in [-0.2, -0.15) is 8.78 Å². The van der Waals surface area contributed by atoms with Crippen molar-refractivity contribution in [2.75, 3.05) is 0 Å². The van der Waals surface area contributed by atoms with E-state index in [9.17, 15) is 8.78 Å². The van der Waals surface area contributed by atoms with Gasteiger partial charge >= 0.3 is 0 Å². The SMILES string of the molecule is CCC(N)(F)F. The fourth-order valence-corrected chi connectivity index (χ4v) is 0. The maximum atomic E-state index is 11.2. The van der Waals surface area contributed by atoms with Crippen molar-refractivity contribution in [1.82, 2.24) is 0 Å². The van der Waals surface area contributed by atoms with E-state index in [1.165, 1.54) is 6.92 Å². The summed E-state index contributed by atoms with van der Waals surface area (Å²) in [5.41, 5.74) is 4.20. The largest absolute Gasteiger partial charge is 0.299 e. The van der Waals surface area contributed by atoms with Crippen molar-refractivity contribution >= 4 is 0 Å². The van der Waals surface area contributed by atoms with Crippen molar-refractivity contribution in [3.8, 4) is 0 Å². The lowest BCUT2D eigenvalue weighted by atomic mass is 10.4. The van der Waals surface area contributed by atoms with Crippen molar-refractivity contribution in [2.45, 2.75) is 19.4 Å². The molecule has 0 aliphatic rings. The second kappa shape index (κ2) is 1.51. The zero-order valence-electron chi connectivity index (χ0n) is 3.54. The van der Waals surface area contributed by atoms with E-state index in [1.807, 2.05) is 0 Å². The lowest BCUT2D eigenvalue weighted by Crippen LogP contribution is -2.26. The molecule has 0 saturated heterocycles. The third-order valence-electron chi connectivity index (χ3n) is 0.471. The minimum atomic E-state index is -2.96. The van der Waals surface area contributed by atoms with Crippen molar-refractivity contribution in [1.29, 1.82) is 0 Å².